The predicted molar refractivity (Wildman–Crippen MR) is 83.8 cm³/mol. The van der Waals surface area contributed by atoms with Crippen molar-refractivity contribution in [1.29, 1.82) is 0 Å². The number of carbonyl (C=O) groups excluding carboxylic acids is 1. The first-order valence-corrected chi connectivity index (χ1v) is 7.62. The van der Waals surface area contributed by atoms with Crippen molar-refractivity contribution in [3.63, 3.8) is 0 Å². The maximum absolute atomic E-state index is 12.8. The van der Waals surface area contributed by atoms with Crippen LogP contribution in [0.5, 0.6) is 0 Å². The number of rotatable bonds is 1. The van der Waals surface area contributed by atoms with Crippen molar-refractivity contribution in [2.45, 2.75) is 45.3 Å². The summed E-state index contributed by atoms with van der Waals surface area (Å²) in [5.41, 5.74) is 2.57. The van der Waals surface area contributed by atoms with E-state index in [2.05, 4.69) is 5.32 Å². The van der Waals surface area contributed by atoms with Gasteiger partial charge in [0, 0.05) is 30.9 Å². The molecule has 1 aromatic rings. The summed E-state index contributed by atoms with van der Waals surface area (Å²) >= 11 is 0. The molecule has 0 atom stereocenters. The molecule has 2 heterocycles. The Labute approximate surface area is 126 Å². The zero-order valence-electron chi connectivity index (χ0n) is 13.3. The Balaban J connectivity index is 1.84. The first-order chi connectivity index (χ1) is 9.76. The Morgan fingerprint density at radius 3 is 2.52 bits per heavy atom. The molecule has 4 heteroatoms. The molecule has 2 aliphatic heterocycles. The Hall–Kier alpha value is -1.55. The Morgan fingerprint density at radius 1 is 1.19 bits per heavy atom. The standard InChI is InChI=1S/C17H24N2O2/c1-16(2)10-19(11-17(3,4)21-16)15(20)13-5-6-14-12(9-13)7-8-18-14/h5-6,9,18H,7-8,10-11H2,1-4H3. The summed E-state index contributed by atoms with van der Waals surface area (Å²) in [7, 11) is 0. The Morgan fingerprint density at radius 2 is 1.86 bits per heavy atom. The topological polar surface area (TPSA) is 41.6 Å². The lowest BCUT2D eigenvalue weighted by Crippen LogP contribution is -2.58. The van der Waals surface area contributed by atoms with Gasteiger partial charge < -0.3 is 15.0 Å². The lowest BCUT2D eigenvalue weighted by atomic mass is 9.97. The smallest absolute Gasteiger partial charge is 0.254 e. The maximum Gasteiger partial charge on any atom is 0.254 e. The lowest BCUT2D eigenvalue weighted by Gasteiger charge is -2.47. The summed E-state index contributed by atoms with van der Waals surface area (Å²) in [6.07, 6.45) is 0.997. The second-order valence-electron chi connectivity index (χ2n) is 7.33. The van der Waals surface area contributed by atoms with E-state index in [1.165, 1.54) is 5.56 Å². The second-order valence-corrected chi connectivity index (χ2v) is 7.33. The number of amides is 1. The second kappa shape index (κ2) is 4.73. The molecule has 0 aromatic heterocycles. The van der Waals surface area contributed by atoms with Crippen LogP contribution < -0.4 is 5.32 Å². The highest BCUT2D eigenvalue weighted by Gasteiger charge is 2.40. The van der Waals surface area contributed by atoms with Crippen LogP contribution >= 0.6 is 0 Å². The van der Waals surface area contributed by atoms with Crippen LogP contribution in [-0.4, -0.2) is 41.6 Å². The SMILES string of the molecule is CC1(C)CN(C(=O)c2ccc3c(c2)CCN3)CC(C)(C)O1. The van der Waals surface area contributed by atoms with Gasteiger partial charge in [0.2, 0.25) is 0 Å². The van der Waals surface area contributed by atoms with Gasteiger partial charge in [-0.05, 0) is 57.9 Å². The number of nitrogens with one attached hydrogen (secondary N) is 1. The van der Waals surface area contributed by atoms with Gasteiger partial charge in [0.15, 0.2) is 0 Å². The molecule has 0 saturated carbocycles. The van der Waals surface area contributed by atoms with Gasteiger partial charge in [0.1, 0.15) is 0 Å². The average Bonchev–Trinajstić information content (AvgIpc) is 2.81. The minimum atomic E-state index is -0.310. The highest BCUT2D eigenvalue weighted by molar-refractivity contribution is 5.95. The summed E-state index contributed by atoms with van der Waals surface area (Å²) in [4.78, 5) is 14.7. The molecule has 0 spiro atoms. The van der Waals surface area contributed by atoms with Crippen LogP contribution in [0.1, 0.15) is 43.6 Å². The van der Waals surface area contributed by atoms with Crippen molar-refractivity contribution in [3.05, 3.63) is 29.3 Å². The zero-order chi connectivity index (χ0) is 15.3. The highest BCUT2D eigenvalue weighted by atomic mass is 16.5. The van der Waals surface area contributed by atoms with Crippen molar-refractivity contribution in [1.82, 2.24) is 4.90 Å². The number of hydrogen-bond donors (Lipinski definition) is 1. The summed E-state index contributed by atoms with van der Waals surface area (Å²) in [5.74, 6) is 0.106. The fraction of sp³-hybridized carbons (Fsp3) is 0.588. The zero-order valence-corrected chi connectivity index (χ0v) is 13.3. The molecule has 0 bridgehead atoms. The molecule has 3 rings (SSSR count). The van der Waals surface area contributed by atoms with Crippen molar-refractivity contribution in [2.24, 2.45) is 0 Å². The van der Waals surface area contributed by atoms with Crippen LogP contribution in [0, 0.1) is 0 Å². The predicted octanol–water partition coefficient (Wildman–Crippen LogP) is 2.68. The van der Waals surface area contributed by atoms with Crippen LogP contribution in [-0.2, 0) is 11.2 Å². The van der Waals surface area contributed by atoms with Gasteiger partial charge in [-0.25, -0.2) is 0 Å². The van der Waals surface area contributed by atoms with Gasteiger partial charge in [-0.3, -0.25) is 4.79 Å². The van der Waals surface area contributed by atoms with E-state index in [9.17, 15) is 4.79 Å². The molecule has 21 heavy (non-hydrogen) atoms. The fourth-order valence-electron chi connectivity index (χ4n) is 3.55. The molecule has 0 aliphatic carbocycles. The van der Waals surface area contributed by atoms with Crippen LogP contribution in [0.3, 0.4) is 0 Å². The van der Waals surface area contributed by atoms with Crippen molar-refractivity contribution < 1.29 is 9.53 Å². The molecule has 1 N–H and O–H groups in total. The number of ether oxygens (including phenoxy) is 1. The van der Waals surface area contributed by atoms with Crippen LogP contribution in [0.15, 0.2) is 18.2 Å². The van der Waals surface area contributed by atoms with E-state index in [1.807, 2.05) is 50.8 Å². The summed E-state index contributed by atoms with van der Waals surface area (Å²) in [6, 6.07) is 5.98. The number of nitrogens with zero attached hydrogens (tertiary/aromatic N) is 1. The summed E-state index contributed by atoms with van der Waals surface area (Å²) < 4.78 is 6.05. The average molecular weight is 288 g/mol. The van der Waals surface area contributed by atoms with Gasteiger partial charge in [0.05, 0.1) is 11.2 Å². The maximum atomic E-state index is 12.8. The number of hydrogen-bond acceptors (Lipinski definition) is 3. The van der Waals surface area contributed by atoms with Crippen molar-refractivity contribution in [2.75, 3.05) is 25.0 Å². The third-order valence-corrected chi connectivity index (χ3v) is 4.05. The van der Waals surface area contributed by atoms with E-state index < -0.39 is 0 Å². The number of carbonyl (C=O) groups is 1. The number of fused-ring (bicyclic) bond motifs is 1. The molecule has 1 saturated heterocycles. The van der Waals surface area contributed by atoms with Gasteiger partial charge in [-0.2, -0.15) is 0 Å². The lowest BCUT2D eigenvalue weighted by molar-refractivity contribution is -0.171. The fourth-order valence-corrected chi connectivity index (χ4v) is 3.55. The molecule has 1 aromatic carbocycles. The Bertz CT molecular complexity index is 562. The molecule has 0 unspecified atom stereocenters. The largest absolute Gasteiger partial charge is 0.384 e. The third kappa shape index (κ3) is 2.91. The van der Waals surface area contributed by atoms with Gasteiger partial charge in [-0.1, -0.05) is 0 Å². The van der Waals surface area contributed by atoms with Crippen LogP contribution in [0.25, 0.3) is 0 Å². The summed E-state index contributed by atoms with van der Waals surface area (Å²) in [5, 5.41) is 3.33. The number of anilines is 1. The molecular formula is C17H24N2O2. The molecule has 2 aliphatic rings. The van der Waals surface area contributed by atoms with Gasteiger partial charge in [-0.15, -0.1) is 0 Å². The molecule has 1 fully saturated rings. The number of benzene rings is 1. The minimum absolute atomic E-state index is 0.106. The molecule has 4 nitrogen and oxygen atoms in total. The molecule has 1 amide bonds. The Kier molecular flexibility index (Phi) is 3.24. The molecule has 114 valence electrons. The first kappa shape index (κ1) is 14.4. The van der Waals surface area contributed by atoms with E-state index in [4.69, 9.17) is 4.74 Å². The van der Waals surface area contributed by atoms with E-state index in [0.717, 1.165) is 24.2 Å². The molecule has 0 radical (unpaired) electrons. The number of morpholine rings is 1. The third-order valence-electron chi connectivity index (χ3n) is 4.05. The highest BCUT2D eigenvalue weighted by Crippen LogP contribution is 2.30. The summed E-state index contributed by atoms with van der Waals surface area (Å²) in [6.45, 7) is 10.4. The van der Waals surface area contributed by atoms with E-state index in [-0.39, 0.29) is 17.1 Å². The minimum Gasteiger partial charge on any atom is -0.384 e. The normalized spacial score (nSPS) is 22.6. The van der Waals surface area contributed by atoms with Gasteiger partial charge in [0.25, 0.3) is 5.91 Å². The van der Waals surface area contributed by atoms with Crippen molar-refractivity contribution in [3.8, 4) is 0 Å². The van der Waals surface area contributed by atoms with Crippen molar-refractivity contribution >= 4 is 11.6 Å². The van der Waals surface area contributed by atoms with E-state index >= 15 is 0 Å². The monoisotopic (exact) mass is 288 g/mol. The quantitative estimate of drug-likeness (QED) is 0.864. The van der Waals surface area contributed by atoms with Crippen LogP contribution in [0.2, 0.25) is 0 Å². The first-order valence-electron chi connectivity index (χ1n) is 7.62. The van der Waals surface area contributed by atoms with Crippen LogP contribution in [0.4, 0.5) is 5.69 Å². The van der Waals surface area contributed by atoms with Gasteiger partial charge >= 0.3 is 0 Å². The van der Waals surface area contributed by atoms with E-state index in [1.54, 1.807) is 0 Å². The van der Waals surface area contributed by atoms with E-state index in [0.29, 0.717) is 13.1 Å². The molecular weight excluding hydrogens is 264 g/mol.